The third-order valence-electron chi connectivity index (χ3n) is 5.76. The number of hydrogen-bond donors (Lipinski definition) is 3. The van der Waals surface area contributed by atoms with Crippen LogP contribution in [0.25, 0.3) is 10.9 Å². The smallest absolute Gasteiger partial charge is 0.191 e. The highest BCUT2D eigenvalue weighted by atomic mass is 15.3. The summed E-state index contributed by atoms with van der Waals surface area (Å²) in [6.07, 6.45) is 4.99. The molecule has 1 aliphatic rings. The van der Waals surface area contributed by atoms with E-state index in [0.717, 1.165) is 63.0 Å². The summed E-state index contributed by atoms with van der Waals surface area (Å²) in [5.74, 6) is 1.90. The first-order valence-corrected chi connectivity index (χ1v) is 11.2. The molecule has 164 valence electrons. The number of guanidine groups is 1. The number of H-pyrrole nitrogens is 1. The number of nitrogens with zero attached hydrogens (tertiary/aromatic N) is 4. The van der Waals surface area contributed by atoms with Gasteiger partial charge in [0.2, 0.25) is 0 Å². The molecule has 3 heterocycles. The summed E-state index contributed by atoms with van der Waals surface area (Å²) in [6, 6.07) is 12.7. The van der Waals surface area contributed by atoms with Crippen LogP contribution in [0, 0.1) is 0 Å². The predicted octanol–water partition coefficient (Wildman–Crippen LogP) is 2.61. The number of likely N-dealkylation sites (N-methyl/N-ethyl adjacent to an activating group) is 1. The van der Waals surface area contributed by atoms with Gasteiger partial charge in [-0.3, -0.25) is 0 Å². The Morgan fingerprint density at radius 1 is 1.10 bits per heavy atom. The number of pyridine rings is 1. The molecule has 0 spiro atoms. The van der Waals surface area contributed by atoms with Crippen LogP contribution in [0.4, 0.5) is 5.82 Å². The second kappa shape index (κ2) is 10.3. The first-order valence-electron chi connectivity index (χ1n) is 11.2. The minimum atomic E-state index is 0.610. The van der Waals surface area contributed by atoms with E-state index in [4.69, 9.17) is 4.99 Å². The van der Waals surface area contributed by atoms with Crippen molar-refractivity contribution in [2.75, 3.05) is 51.2 Å². The Labute approximate surface area is 184 Å². The van der Waals surface area contributed by atoms with Gasteiger partial charge in [0.25, 0.3) is 0 Å². The normalized spacial score (nSPS) is 15.4. The lowest BCUT2D eigenvalue weighted by molar-refractivity contribution is 0.312. The molecule has 1 aromatic carbocycles. The Morgan fingerprint density at radius 3 is 2.71 bits per heavy atom. The summed E-state index contributed by atoms with van der Waals surface area (Å²) in [5.41, 5.74) is 3.62. The lowest BCUT2D eigenvalue weighted by atomic mass is 10.1. The molecule has 7 nitrogen and oxygen atoms in total. The molecule has 31 heavy (non-hydrogen) atoms. The van der Waals surface area contributed by atoms with Crippen molar-refractivity contribution in [2.45, 2.75) is 19.9 Å². The number of rotatable bonds is 7. The zero-order valence-electron chi connectivity index (χ0n) is 18.6. The molecule has 0 unspecified atom stereocenters. The van der Waals surface area contributed by atoms with Gasteiger partial charge in [-0.25, -0.2) is 9.98 Å². The Bertz CT molecular complexity index is 985. The molecule has 4 rings (SSSR count). The predicted molar refractivity (Wildman–Crippen MR) is 129 cm³/mol. The average molecular weight is 420 g/mol. The zero-order chi connectivity index (χ0) is 21.5. The van der Waals surface area contributed by atoms with Crippen molar-refractivity contribution in [1.82, 2.24) is 25.5 Å². The van der Waals surface area contributed by atoms with Crippen LogP contribution in [0.15, 0.2) is 53.8 Å². The van der Waals surface area contributed by atoms with Crippen LogP contribution < -0.4 is 15.5 Å². The molecule has 0 atom stereocenters. The van der Waals surface area contributed by atoms with E-state index in [0.29, 0.717) is 6.54 Å². The molecule has 7 heteroatoms. The molecule has 1 aliphatic heterocycles. The van der Waals surface area contributed by atoms with Crippen molar-refractivity contribution < 1.29 is 0 Å². The maximum atomic E-state index is 4.74. The number of piperazine rings is 1. The van der Waals surface area contributed by atoms with Crippen LogP contribution in [-0.2, 0) is 13.0 Å². The second-order valence-electron chi connectivity index (χ2n) is 8.05. The summed E-state index contributed by atoms with van der Waals surface area (Å²) >= 11 is 0. The summed E-state index contributed by atoms with van der Waals surface area (Å²) < 4.78 is 0. The van der Waals surface area contributed by atoms with Gasteiger partial charge in [-0.1, -0.05) is 24.3 Å². The molecule has 0 aliphatic carbocycles. The number of nitrogens with one attached hydrogen (secondary N) is 3. The fourth-order valence-corrected chi connectivity index (χ4v) is 3.90. The number of benzene rings is 1. The van der Waals surface area contributed by atoms with E-state index < -0.39 is 0 Å². The first-order chi connectivity index (χ1) is 15.2. The van der Waals surface area contributed by atoms with E-state index in [-0.39, 0.29) is 0 Å². The average Bonchev–Trinajstić information content (AvgIpc) is 3.21. The molecule has 1 fully saturated rings. The van der Waals surface area contributed by atoms with Crippen molar-refractivity contribution in [3.63, 3.8) is 0 Å². The van der Waals surface area contributed by atoms with E-state index >= 15 is 0 Å². The molecule has 0 bridgehead atoms. The summed E-state index contributed by atoms with van der Waals surface area (Å²) in [4.78, 5) is 17.5. The molecular formula is C24H33N7. The standard InChI is InChI=1S/C24H33N7/c1-3-25-24(26-11-10-20-18-27-22-7-5-4-6-21(20)22)29-17-19-8-9-23(28-16-19)31-14-12-30(2)13-15-31/h4-9,16,18,27H,3,10-15,17H2,1-2H3,(H2,25,26,29). The van der Waals surface area contributed by atoms with Crippen LogP contribution in [0.5, 0.6) is 0 Å². The minimum Gasteiger partial charge on any atom is -0.361 e. The quantitative estimate of drug-likeness (QED) is 0.406. The lowest BCUT2D eigenvalue weighted by Crippen LogP contribution is -2.44. The summed E-state index contributed by atoms with van der Waals surface area (Å²) in [7, 11) is 2.17. The van der Waals surface area contributed by atoms with Gasteiger partial charge in [-0.2, -0.15) is 0 Å². The molecular weight excluding hydrogens is 386 g/mol. The third kappa shape index (κ3) is 5.55. The SMILES string of the molecule is CCNC(=NCc1ccc(N2CCN(C)CC2)nc1)NCCc1c[nH]c2ccccc12. The van der Waals surface area contributed by atoms with Crippen LogP contribution in [0.2, 0.25) is 0 Å². The van der Waals surface area contributed by atoms with Crippen LogP contribution in [-0.4, -0.2) is 67.1 Å². The molecule has 3 N–H and O–H groups in total. The maximum Gasteiger partial charge on any atom is 0.191 e. The zero-order valence-corrected chi connectivity index (χ0v) is 18.6. The van der Waals surface area contributed by atoms with Gasteiger partial charge in [-0.05, 0) is 43.7 Å². The molecule has 3 aromatic rings. The number of aromatic nitrogens is 2. The Balaban J connectivity index is 1.31. The molecule has 0 radical (unpaired) electrons. The number of fused-ring (bicyclic) bond motifs is 1. The van der Waals surface area contributed by atoms with Crippen molar-refractivity contribution in [2.24, 2.45) is 4.99 Å². The largest absolute Gasteiger partial charge is 0.361 e. The van der Waals surface area contributed by atoms with Crippen molar-refractivity contribution in [3.05, 3.63) is 59.9 Å². The van der Waals surface area contributed by atoms with Gasteiger partial charge >= 0.3 is 0 Å². The molecule has 1 saturated heterocycles. The Morgan fingerprint density at radius 2 is 1.94 bits per heavy atom. The highest BCUT2D eigenvalue weighted by Gasteiger charge is 2.14. The minimum absolute atomic E-state index is 0.610. The molecule has 0 saturated carbocycles. The van der Waals surface area contributed by atoms with Gasteiger partial charge < -0.3 is 25.4 Å². The van der Waals surface area contributed by atoms with Gasteiger partial charge in [0.05, 0.1) is 6.54 Å². The van der Waals surface area contributed by atoms with Crippen molar-refractivity contribution >= 4 is 22.7 Å². The number of para-hydroxylation sites is 1. The topological polar surface area (TPSA) is 71.6 Å². The van der Waals surface area contributed by atoms with Gasteiger partial charge in [0, 0.05) is 62.6 Å². The van der Waals surface area contributed by atoms with E-state index in [1.54, 1.807) is 0 Å². The van der Waals surface area contributed by atoms with Gasteiger partial charge in [0.15, 0.2) is 5.96 Å². The van der Waals surface area contributed by atoms with Gasteiger partial charge in [0.1, 0.15) is 5.82 Å². The first kappa shape index (κ1) is 21.2. The number of aromatic amines is 1. The number of hydrogen-bond acceptors (Lipinski definition) is 4. The fourth-order valence-electron chi connectivity index (χ4n) is 3.90. The Kier molecular flexibility index (Phi) is 7.04. The summed E-state index contributed by atoms with van der Waals surface area (Å²) in [6.45, 7) is 8.60. The van der Waals surface area contributed by atoms with Crippen molar-refractivity contribution in [1.29, 1.82) is 0 Å². The third-order valence-corrected chi connectivity index (χ3v) is 5.76. The van der Waals surface area contributed by atoms with E-state index in [9.17, 15) is 0 Å². The second-order valence-corrected chi connectivity index (χ2v) is 8.05. The highest BCUT2D eigenvalue weighted by Crippen LogP contribution is 2.17. The monoisotopic (exact) mass is 419 g/mol. The van der Waals surface area contributed by atoms with Crippen molar-refractivity contribution in [3.8, 4) is 0 Å². The molecule has 2 aromatic heterocycles. The van der Waals surface area contributed by atoms with Crippen LogP contribution in [0.3, 0.4) is 0 Å². The van der Waals surface area contributed by atoms with E-state index in [1.165, 1.54) is 16.5 Å². The van der Waals surface area contributed by atoms with Crippen LogP contribution >= 0.6 is 0 Å². The van der Waals surface area contributed by atoms with E-state index in [2.05, 4.69) is 87.0 Å². The fraction of sp³-hybridized carbons (Fsp3) is 0.417. The Hall–Kier alpha value is -3.06. The summed E-state index contributed by atoms with van der Waals surface area (Å²) in [5, 5.41) is 8.08. The number of aliphatic imine (C=N–C) groups is 1. The van der Waals surface area contributed by atoms with Gasteiger partial charge in [-0.15, -0.1) is 0 Å². The maximum absolute atomic E-state index is 4.74. The van der Waals surface area contributed by atoms with E-state index in [1.807, 2.05) is 6.20 Å². The van der Waals surface area contributed by atoms with Crippen LogP contribution in [0.1, 0.15) is 18.1 Å². The lowest BCUT2D eigenvalue weighted by Gasteiger charge is -2.33. The molecule has 0 amide bonds. The number of anilines is 1. The highest BCUT2D eigenvalue weighted by molar-refractivity contribution is 5.83.